The number of aliphatic carboxylic acids is 1. The Morgan fingerprint density at radius 3 is 2.53 bits per heavy atom. The van der Waals surface area contributed by atoms with E-state index in [0.717, 1.165) is 56.4 Å². The van der Waals surface area contributed by atoms with Crippen LogP contribution < -0.4 is 5.32 Å². The monoisotopic (exact) mass is 522 g/mol. The lowest BCUT2D eigenvalue weighted by atomic mass is 9.81. The number of nitrogens with one attached hydrogen (secondary N) is 1. The van der Waals surface area contributed by atoms with Crippen molar-refractivity contribution >= 4 is 46.5 Å². The van der Waals surface area contributed by atoms with Crippen LogP contribution in [0.3, 0.4) is 0 Å². The second-order valence-corrected chi connectivity index (χ2v) is 11.1. The Bertz CT molecular complexity index is 1010. The third kappa shape index (κ3) is 6.40. The van der Waals surface area contributed by atoms with E-state index in [1.54, 1.807) is 6.07 Å². The van der Waals surface area contributed by atoms with Gasteiger partial charge in [0, 0.05) is 22.5 Å². The summed E-state index contributed by atoms with van der Waals surface area (Å²) < 4.78 is 0. The maximum atomic E-state index is 11.1. The summed E-state index contributed by atoms with van der Waals surface area (Å²) in [6.45, 7) is 4.20. The number of hydrogen-bond acceptors (Lipinski definition) is 3. The number of likely N-dealkylation sites (tertiary alicyclic amines) is 1. The predicted octanol–water partition coefficient (Wildman–Crippen LogP) is 8.03. The van der Waals surface area contributed by atoms with Crippen molar-refractivity contribution in [2.75, 3.05) is 18.4 Å². The van der Waals surface area contributed by atoms with E-state index in [4.69, 9.17) is 39.9 Å². The molecule has 34 heavy (non-hydrogen) atoms. The number of carboxylic acid groups (broad SMARTS) is 1. The Labute approximate surface area is 217 Å². The maximum Gasteiger partial charge on any atom is 0.303 e. The van der Waals surface area contributed by atoms with E-state index in [9.17, 15) is 4.79 Å². The molecule has 0 bridgehead atoms. The van der Waals surface area contributed by atoms with Crippen molar-refractivity contribution < 1.29 is 9.90 Å². The third-order valence-corrected chi connectivity index (χ3v) is 8.42. The molecule has 0 spiro atoms. The molecule has 2 aromatic rings. The standard InChI is InChI=1S/C27H33Cl3N2O2/c1-17(23-7-6-21(28)16-25(23)30)31-26-15-20(5-8-24(26)29)19-9-11-32(12-10-19)22-4-2-3-18(13-22)14-27(33)34/h5-8,15-19,22,31H,2-4,9-14H2,1H3,(H,33,34)/t17-,18?,22?/m1/s1. The van der Waals surface area contributed by atoms with Crippen LogP contribution in [-0.4, -0.2) is 35.1 Å². The first-order valence-corrected chi connectivity index (χ1v) is 13.4. The van der Waals surface area contributed by atoms with Crippen LogP contribution in [0.15, 0.2) is 36.4 Å². The van der Waals surface area contributed by atoms with E-state index in [-0.39, 0.29) is 6.04 Å². The summed E-state index contributed by atoms with van der Waals surface area (Å²) in [5.41, 5.74) is 3.21. The van der Waals surface area contributed by atoms with Crippen molar-refractivity contribution in [2.24, 2.45) is 5.92 Å². The molecule has 7 heteroatoms. The first-order chi connectivity index (χ1) is 16.3. The summed E-state index contributed by atoms with van der Waals surface area (Å²) in [7, 11) is 0. The summed E-state index contributed by atoms with van der Waals surface area (Å²) in [5.74, 6) is 0.168. The lowest BCUT2D eigenvalue weighted by Gasteiger charge is -2.41. The molecule has 1 saturated carbocycles. The molecule has 4 rings (SSSR count). The number of benzene rings is 2. The summed E-state index contributed by atoms with van der Waals surface area (Å²) in [4.78, 5) is 13.7. The van der Waals surface area contributed by atoms with Gasteiger partial charge in [0.05, 0.1) is 16.8 Å². The van der Waals surface area contributed by atoms with E-state index in [0.29, 0.717) is 39.4 Å². The average Bonchev–Trinajstić information content (AvgIpc) is 2.80. The van der Waals surface area contributed by atoms with Gasteiger partial charge in [-0.2, -0.15) is 0 Å². The highest BCUT2D eigenvalue weighted by Gasteiger charge is 2.31. The van der Waals surface area contributed by atoms with E-state index in [1.165, 1.54) is 12.0 Å². The molecule has 2 unspecified atom stereocenters. The van der Waals surface area contributed by atoms with Gasteiger partial charge in [-0.1, -0.05) is 53.4 Å². The SMILES string of the molecule is C[C@@H](Nc1cc(C2CCN(C3CCCC(CC(=O)O)C3)CC2)ccc1Cl)c1ccc(Cl)cc1Cl. The van der Waals surface area contributed by atoms with Gasteiger partial charge < -0.3 is 15.3 Å². The normalized spacial score (nSPS) is 22.9. The van der Waals surface area contributed by atoms with E-state index in [2.05, 4.69) is 29.3 Å². The van der Waals surface area contributed by atoms with Gasteiger partial charge in [0.2, 0.25) is 0 Å². The van der Waals surface area contributed by atoms with Crippen LogP contribution in [0.1, 0.15) is 75.0 Å². The highest BCUT2D eigenvalue weighted by atomic mass is 35.5. The number of hydrogen-bond donors (Lipinski definition) is 2. The van der Waals surface area contributed by atoms with E-state index in [1.807, 2.05) is 18.2 Å². The average molecular weight is 524 g/mol. The molecule has 4 nitrogen and oxygen atoms in total. The zero-order valence-corrected chi connectivity index (χ0v) is 21.8. The summed E-state index contributed by atoms with van der Waals surface area (Å²) >= 11 is 19.0. The maximum absolute atomic E-state index is 11.1. The van der Waals surface area contributed by atoms with Crippen LogP contribution in [0.2, 0.25) is 15.1 Å². The zero-order valence-electron chi connectivity index (χ0n) is 19.6. The number of carbonyl (C=O) groups is 1. The highest BCUT2D eigenvalue weighted by Crippen LogP contribution is 2.37. The van der Waals surface area contributed by atoms with Crippen molar-refractivity contribution in [3.05, 3.63) is 62.6 Å². The molecule has 2 N–H and O–H groups in total. The van der Waals surface area contributed by atoms with Crippen molar-refractivity contribution in [3.63, 3.8) is 0 Å². The predicted molar refractivity (Wildman–Crippen MR) is 141 cm³/mol. The molecule has 184 valence electrons. The molecule has 0 amide bonds. The van der Waals surface area contributed by atoms with Gasteiger partial charge in [0.1, 0.15) is 0 Å². The number of nitrogens with zero attached hydrogens (tertiary/aromatic N) is 1. The van der Waals surface area contributed by atoms with E-state index < -0.39 is 5.97 Å². The molecule has 3 atom stereocenters. The molecule has 0 radical (unpaired) electrons. The van der Waals surface area contributed by atoms with Crippen molar-refractivity contribution in [2.45, 2.75) is 69.9 Å². The molecular formula is C27H33Cl3N2O2. The topological polar surface area (TPSA) is 52.6 Å². The number of rotatable bonds is 7. The van der Waals surface area contributed by atoms with Gasteiger partial charge in [0.25, 0.3) is 0 Å². The Morgan fingerprint density at radius 1 is 1.06 bits per heavy atom. The summed E-state index contributed by atoms with van der Waals surface area (Å²) in [6.07, 6.45) is 6.95. The summed E-state index contributed by atoms with van der Waals surface area (Å²) in [6, 6.07) is 12.4. The van der Waals surface area contributed by atoms with Crippen molar-refractivity contribution in [1.29, 1.82) is 0 Å². The second-order valence-electron chi connectivity index (χ2n) is 9.87. The van der Waals surface area contributed by atoms with Gasteiger partial charge in [-0.15, -0.1) is 0 Å². The molecular weight excluding hydrogens is 491 g/mol. The lowest BCUT2D eigenvalue weighted by Crippen LogP contribution is -2.43. The number of carboxylic acids is 1. The van der Waals surface area contributed by atoms with Gasteiger partial charge >= 0.3 is 5.97 Å². The fraction of sp³-hybridized carbons (Fsp3) is 0.519. The minimum absolute atomic E-state index is 0.00980. The second kappa shape index (κ2) is 11.5. The Hall–Kier alpha value is -1.46. The zero-order chi connectivity index (χ0) is 24.2. The molecule has 0 aromatic heterocycles. The minimum atomic E-state index is -0.663. The molecule has 1 aliphatic heterocycles. The molecule has 1 aliphatic carbocycles. The minimum Gasteiger partial charge on any atom is -0.481 e. The number of halogens is 3. The van der Waals surface area contributed by atoms with Gasteiger partial charge in [-0.25, -0.2) is 0 Å². The lowest BCUT2D eigenvalue weighted by molar-refractivity contribution is -0.138. The fourth-order valence-electron chi connectivity index (χ4n) is 5.70. The molecule has 1 heterocycles. The smallest absolute Gasteiger partial charge is 0.303 e. The number of piperidine rings is 1. The molecule has 2 aromatic carbocycles. The van der Waals surface area contributed by atoms with Crippen molar-refractivity contribution in [3.8, 4) is 0 Å². The van der Waals surface area contributed by atoms with Gasteiger partial charge in [-0.3, -0.25) is 4.79 Å². The van der Waals surface area contributed by atoms with E-state index >= 15 is 0 Å². The van der Waals surface area contributed by atoms with Crippen LogP contribution in [0, 0.1) is 5.92 Å². The van der Waals surface area contributed by atoms with Crippen LogP contribution in [-0.2, 0) is 4.79 Å². The molecule has 2 fully saturated rings. The van der Waals surface area contributed by atoms with Crippen LogP contribution >= 0.6 is 34.8 Å². The fourth-order valence-corrected chi connectivity index (χ4v) is 6.44. The third-order valence-electron chi connectivity index (χ3n) is 7.53. The quantitative estimate of drug-likeness (QED) is 0.385. The van der Waals surface area contributed by atoms with Crippen molar-refractivity contribution in [1.82, 2.24) is 4.90 Å². The first-order valence-electron chi connectivity index (χ1n) is 12.3. The Balaban J connectivity index is 1.37. The molecule has 1 saturated heterocycles. The largest absolute Gasteiger partial charge is 0.481 e. The summed E-state index contributed by atoms with van der Waals surface area (Å²) in [5, 5.41) is 14.7. The van der Waals surface area contributed by atoms with Crippen LogP contribution in [0.25, 0.3) is 0 Å². The van der Waals surface area contributed by atoms with Gasteiger partial charge in [0.15, 0.2) is 0 Å². The highest BCUT2D eigenvalue weighted by molar-refractivity contribution is 6.35. The number of anilines is 1. The Kier molecular flexibility index (Phi) is 8.68. The van der Waals surface area contributed by atoms with Crippen LogP contribution in [0.4, 0.5) is 5.69 Å². The first kappa shape index (κ1) is 25.6. The van der Waals surface area contributed by atoms with Crippen LogP contribution in [0.5, 0.6) is 0 Å². The van der Waals surface area contributed by atoms with Gasteiger partial charge in [-0.05, 0) is 99.3 Å². The Morgan fingerprint density at radius 2 is 1.82 bits per heavy atom. The molecule has 2 aliphatic rings.